The van der Waals surface area contributed by atoms with Crippen molar-refractivity contribution < 1.29 is 14.2 Å². The van der Waals surface area contributed by atoms with Gasteiger partial charge in [0.25, 0.3) is 0 Å². The molecule has 0 bridgehead atoms. The number of anilines is 1. The molecule has 1 unspecified atom stereocenters. The molecule has 1 atom stereocenters. The van der Waals surface area contributed by atoms with Gasteiger partial charge in [-0.05, 0) is 6.42 Å². The molecule has 4 heteroatoms. The summed E-state index contributed by atoms with van der Waals surface area (Å²) in [5.41, 5.74) is 0.977. The third-order valence-corrected chi connectivity index (χ3v) is 2.58. The predicted molar refractivity (Wildman–Crippen MR) is 69.1 cm³/mol. The molecule has 17 heavy (non-hydrogen) atoms. The van der Waals surface area contributed by atoms with Gasteiger partial charge in [-0.1, -0.05) is 6.92 Å². The van der Waals surface area contributed by atoms with Crippen molar-refractivity contribution in [3.8, 4) is 11.5 Å². The molecule has 1 aromatic carbocycles. The Labute approximate surface area is 103 Å². The van der Waals surface area contributed by atoms with Gasteiger partial charge >= 0.3 is 0 Å². The number of ether oxygens (including phenoxy) is 3. The summed E-state index contributed by atoms with van der Waals surface area (Å²) in [6.07, 6.45) is 0.993. The maximum Gasteiger partial charge on any atom is 0.124 e. The van der Waals surface area contributed by atoms with Gasteiger partial charge in [-0.3, -0.25) is 0 Å². The second kappa shape index (κ2) is 7.01. The number of rotatable bonds is 7. The van der Waals surface area contributed by atoms with Crippen molar-refractivity contribution >= 4 is 5.69 Å². The molecule has 0 aliphatic carbocycles. The highest BCUT2D eigenvalue weighted by atomic mass is 16.5. The smallest absolute Gasteiger partial charge is 0.124 e. The van der Waals surface area contributed by atoms with Crippen LogP contribution in [-0.2, 0) is 4.74 Å². The molecule has 0 heterocycles. The van der Waals surface area contributed by atoms with Crippen LogP contribution in [0.3, 0.4) is 0 Å². The Kier molecular flexibility index (Phi) is 5.63. The summed E-state index contributed by atoms with van der Waals surface area (Å²) in [6.45, 7) is 2.80. The summed E-state index contributed by atoms with van der Waals surface area (Å²) < 4.78 is 15.6. The summed E-state index contributed by atoms with van der Waals surface area (Å²) in [5, 5.41) is 3.39. The second-order valence-corrected chi connectivity index (χ2v) is 3.81. The van der Waals surface area contributed by atoms with Crippen LogP contribution < -0.4 is 14.8 Å². The van der Waals surface area contributed by atoms with Crippen molar-refractivity contribution in [3.05, 3.63) is 18.2 Å². The molecule has 0 aromatic heterocycles. The molecule has 4 nitrogen and oxygen atoms in total. The molecular formula is C13H21NO3. The fraction of sp³-hybridized carbons (Fsp3) is 0.538. The number of nitrogens with one attached hydrogen (secondary N) is 1. The zero-order chi connectivity index (χ0) is 12.7. The lowest BCUT2D eigenvalue weighted by molar-refractivity contribution is 0.184. The molecular weight excluding hydrogens is 218 g/mol. The average Bonchev–Trinajstić information content (AvgIpc) is 2.37. The first kappa shape index (κ1) is 13.6. The summed E-state index contributed by atoms with van der Waals surface area (Å²) >= 11 is 0. The molecule has 0 fully saturated rings. The Morgan fingerprint density at radius 3 is 2.06 bits per heavy atom. The van der Waals surface area contributed by atoms with Crippen LogP contribution in [0.25, 0.3) is 0 Å². The predicted octanol–water partition coefficient (Wildman–Crippen LogP) is 2.54. The third-order valence-electron chi connectivity index (χ3n) is 2.58. The van der Waals surface area contributed by atoms with E-state index in [-0.39, 0.29) is 6.04 Å². The lowest BCUT2D eigenvalue weighted by Gasteiger charge is -2.18. The number of methoxy groups -OCH3 is 3. The van der Waals surface area contributed by atoms with Gasteiger partial charge in [0.05, 0.1) is 20.8 Å². The van der Waals surface area contributed by atoms with Crippen LogP contribution in [0.5, 0.6) is 11.5 Å². The molecule has 0 saturated carbocycles. The van der Waals surface area contributed by atoms with E-state index in [4.69, 9.17) is 14.2 Å². The van der Waals surface area contributed by atoms with E-state index in [9.17, 15) is 0 Å². The maximum absolute atomic E-state index is 5.22. The van der Waals surface area contributed by atoms with Gasteiger partial charge in [-0.25, -0.2) is 0 Å². The summed E-state index contributed by atoms with van der Waals surface area (Å²) in [6, 6.07) is 6.03. The van der Waals surface area contributed by atoms with E-state index in [1.807, 2.05) is 18.2 Å². The van der Waals surface area contributed by atoms with Crippen molar-refractivity contribution in [3.63, 3.8) is 0 Å². The van der Waals surface area contributed by atoms with Gasteiger partial charge in [-0.15, -0.1) is 0 Å². The zero-order valence-electron chi connectivity index (χ0n) is 10.9. The second-order valence-electron chi connectivity index (χ2n) is 3.81. The zero-order valence-corrected chi connectivity index (χ0v) is 10.9. The Morgan fingerprint density at radius 2 is 1.65 bits per heavy atom. The standard InChI is InChI=1S/C13H21NO3/c1-5-10(9-15-2)14-11-6-12(16-3)8-13(7-11)17-4/h6-8,10,14H,5,9H2,1-4H3. The molecule has 0 spiro atoms. The van der Waals surface area contributed by atoms with Gasteiger partial charge in [0, 0.05) is 37.0 Å². The van der Waals surface area contributed by atoms with E-state index >= 15 is 0 Å². The minimum atomic E-state index is 0.289. The fourth-order valence-corrected chi connectivity index (χ4v) is 1.59. The molecule has 0 saturated heterocycles. The third kappa shape index (κ3) is 4.15. The van der Waals surface area contributed by atoms with Crippen LogP contribution in [0.15, 0.2) is 18.2 Å². The monoisotopic (exact) mass is 239 g/mol. The van der Waals surface area contributed by atoms with Crippen molar-refractivity contribution in [1.29, 1.82) is 0 Å². The molecule has 0 amide bonds. The molecule has 1 aromatic rings. The maximum atomic E-state index is 5.22. The van der Waals surface area contributed by atoms with E-state index < -0.39 is 0 Å². The molecule has 0 aliphatic heterocycles. The number of benzene rings is 1. The van der Waals surface area contributed by atoms with Crippen molar-refractivity contribution in [1.82, 2.24) is 0 Å². The number of hydrogen-bond acceptors (Lipinski definition) is 4. The van der Waals surface area contributed by atoms with Gasteiger partial charge in [0.2, 0.25) is 0 Å². The first-order valence-electron chi connectivity index (χ1n) is 5.72. The number of hydrogen-bond donors (Lipinski definition) is 1. The lowest BCUT2D eigenvalue weighted by Crippen LogP contribution is -2.23. The van der Waals surface area contributed by atoms with Crippen molar-refractivity contribution in [2.75, 3.05) is 33.3 Å². The highest BCUT2D eigenvalue weighted by Gasteiger charge is 2.07. The van der Waals surface area contributed by atoms with E-state index in [1.54, 1.807) is 21.3 Å². The van der Waals surface area contributed by atoms with E-state index in [0.717, 1.165) is 23.6 Å². The first-order valence-corrected chi connectivity index (χ1v) is 5.72. The quantitative estimate of drug-likeness (QED) is 0.793. The summed E-state index contributed by atoms with van der Waals surface area (Å²) in [4.78, 5) is 0. The topological polar surface area (TPSA) is 39.7 Å². The Morgan fingerprint density at radius 1 is 1.06 bits per heavy atom. The molecule has 1 rings (SSSR count). The van der Waals surface area contributed by atoms with Crippen LogP contribution in [0.2, 0.25) is 0 Å². The molecule has 1 N–H and O–H groups in total. The minimum absolute atomic E-state index is 0.289. The Balaban J connectivity index is 2.81. The van der Waals surface area contributed by atoms with E-state index in [0.29, 0.717) is 6.61 Å². The van der Waals surface area contributed by atoms with E-state index in [2.05, 4.69) is 12.2 Å². The average molecular weight is 239 g/mol. The van der Waals surface area contributed by atoms with Crippen LogP contribution in [0, 0.1) is 0 Å². The van der Waals surface area contributed by atoms with Gasteiger partial charge in [0.1, 0.15) is 11.5 Å². The normalized spacial score (nSPS) is 12.0. The Hall–Kier alpha value is -1.42. The van der Waals surface area contributed by atoms with Crippen molar-refractivity contribution in [2.45, 2.75) is 19.4 Å². The van der Waals surface area contributed by atoms with Crippen LogP contribution in [0.1, 0.15) is 13.3 Å². The first-order chi connectivity index (χ1) is 8.23. The van der Waals surface area contributed by atoms with Crippen molar-refractivity contribution in [2.24, 2.45) is 0 Å². The SMILES string of the molecule is CCC(COC)Nc1cc(OC)cc(OC)c1. The Bertz CT molecular complexity index is 319. The molecule has 0 aliphatic rings. The lowest BCUT2D eigenvalue weighted by atomic mass is 10.2. The molecule has 96 valence electrons. The van der Waals surface area contributed by atoms with Crippen LogP contribution >= 0.6 is 0 Å². The molecule has 0 radical (unpaired) electrons. The van der Waals surface area contributed by atoms with Gasteiger partial charge < -0.3 is 19.5 Å². The van der Waals surface area contributed by atoms with Gasteiger partial charge in [0.15, 0.2) is 0 Å². The summed E-state index contributed by atoms with van der Waals surface area (Å²) in [7, 11) is 4.99. The highest BCUT2D eigenvalue weighted by molar-refractivity contribution is 5.54. The fourth-order valence-electron chi connectivity index (χ4n) is 1.59. The van der Waals surface area contributed by atoms with E-state index in [1.165, 1.54) is 0 Å². The van der Waals surface area contributed by atoms with Crippen LogP contribution in [-0.4, -0.2) is 34.0 Å². The summed E-state index contributed by atoms with van der Waals surface area (Å²) in [5.74, 6) is 1.55. The highest BCUT2D eigenvalue weighted by Crippen LogP contribution is 2.26. The van der Waals surface area contributed by atoms with Crippen LogP contribution in [0.4, 0.5) is 5.69 Å². The minimum Gasteiger partial charge on any atom is -0.497 e. The largest absolute Gasteiger partial charge is 0.497 e. The van der Waals surface area contributed by atoms with Gasteiger partial charge in [-0.2, -0.15) is 0 Å².